The van der Waals surface area contributed by atoms with Gasteiger partial charge in [0.05, 0.1) is 6.42 Å². The van der Waals surface area contributed by atoms with Crippen molar-refractivity contribution in [2.45, 2.75) is 31.7 Å². The molecule has 1 saturated heterocycles. The highest BCUT2D eigenvalue weighted by atomic mass is 32.1. The molecule has 0 aromatic carbocycles. The molecule has 2 rings (SSSR count). The summed E-state index contributed by atoms with van der Waals surface area (Å²) >= 11 is 1.64. The van der Waals surface area contributed by atoms with Gasteiger partial charge in [-0.2, -0.15) is 11.3 Å². The van der Waals surface area contributed by atoms with Gasteiger partial charge in [0, 0.05) is 12.6 Å². The highest BCUT2D eigenvalue weighted by molar-refractivity contribution is 7.07. The highest BCUT2D eigenvalue weighted by Gasteiger charge is 2.13. The largest absolute Gasteiger partial charge is 0.354 e. The molecule has 0 unspecified atom stereocenters. The second-order valence-electron chi connectivity index (χ2n) is 4.26. The van der Waals surface area contributed by atoms with Crippen LogP contribution in [0.25, 0.3) is 0 Å². The van der Waals surface area contributed by atoms with Gasteiger partial charge in [-0.15, -0.1) is 0 Å². The quantitative estimate of drug-likeness (QED) is 0.835. The number of rotatable bonds is 4. The van der Waals surface area contributed by atoms with Crippen LogP contribution in [0.2, 0.25) is 0 Å². The van der Waals surface area contributed by atoms with Crippen molar-refractivity contribution in [1.29, 1.82) is 0 Å². The average molecular weight is 238 g/mol. The number of thiophene rings is 1. The highest BCUT2D eigenvalue weighted by Crippen LogP contribution is 2.07. The molecule has 2 heterocycles. The molecule has 1 aromatic rings. The van der Waals surface area contributed by atoms with E-state index in [2.05, 4.69) is 10.6 Å². The van der Waals surface area contributed by atoms with Crippen LogP contribution in [0.4, 0.5) is 0 Å². The molecule has 16 heavy (non-hydrogen) atoms. The molecule has 2 N–H and O–H groups in total. The van der Waals surface area contributed by atoms with Gasteiger partial charge in [-0.05, 0) is 41.8 Å². The fourth-order valence-corrected chi connectivity index (χ4v) is 2.65. The maximum absolute atomic E-state index is 11.6. The van der Waals surface area contributed by atoms with E-state index >= 15 is 0 Å². The van der Waals surface area contributed by atoms with Crippen molar-refractivity contribution in [2.24, 2.45) is 0 Å². The van der Waals surface area contributed by atoms with Crippen LogP contribution >= 0.6 is 11.3 Å². The zero-order chi connectivity index (χ0) is 11.2. The number of hydrogen-bond donors (Lipinski definition) is 2. The Morgan fingerprint density at radius 2 is 2.50 bits per heavy atom. The Kier molecular flexibility index (Phi) is 4.36. The fraction of sp³-hybridized carbons (Fsp3) is 0.583. The van der Waals surface area contributed by atoms with Gasteiger partial charge in [-0.25, -0.2) is 0 Å². The predicted molar refractivity (Wildman–Crippen MR) is 66.7 cm³/mol. The smallest absolute Gasteiger partial charge is 0.224 e. The van der Waals surface area contributed by atoms with Crippen molar-refractivity contribution in [3.05, 3.63) is 22.4 Å². The minimum Gasteiger partial charge on any atom is -0.354 e. The van der Waals surface area contributed by atoms with E-state index in [1.807, 2.05) is 16.8 Å². The van der Waals surface area contributed by atoms with E-state index < -0.39 is 0 Å². The molecule has 4 heteroatoms. The normalized spacial score (nSPS) is 20.6. The van der Waals surface area contributed by atoms with Crippen molar-refractivity contribution in [1.82, 2.24) is 10.6 Å². The Morgan fingerprint density at radius 3 is 3.19 bits per heavy atom. The fourth-order valence-electron chi connectivity index (χ4n) is 1.98. The topological polar surface area (TPSA) is 41.1 Å². The van der Waals surface area contributed by atoms with Crippen LogP contribution in [0.15, 0.2) is 16.8 Å². The van der Waals surface area contributed by atoms with Crippen molar-refractivity contribution in [2.75, 3.05) is 13.1 Å². The molecule has 88 valence electrons. The Hall–Kier alpha value is -0.870. The van der Waals surface area contributed by atoms with Crippen molar-refractivity contribution >= 4 is 17.2 Å². The standard InChI is InChI=1S/C12H18N2OS/c15-12(7-10-4-6-16-9-10)14-8-11-3-1-2-5-13-11/h4,6,9,11,13H,1-3,5,7-8H2,(H,14,15)/t11-/m1/s1. The number of nitrogens with one attached hydrogen (secondary N) is 2. The van der Waals surface area contributed by atoms with Gasteiger partial charge in [0.15, 0.2) is 0 Å². The Bertz CT molecular complexity index is 318. The molecule has 0 spiro atoms. The second-order valence-corrected chi connectivity index (χ2v) is 5.04. The summed E-state index contributed by atoms with van der Waals surface area (Å²) in [5.74, 6) is 0.130. The lowest BCUT2D eigenvalue weighted by Gasteiger charge is -2.23. The van der Waals surface area contributed by atoms with Crippen LogP contribution in [0.5, 0.6) is 0 Å². The number of carbonyl (C=O) groups is 1. The number of amides is 1. The minimum absolute atomic E-state index is 0.130. The molecule has 3 nitrogen and oxygen atoms in total. The Balaban J connectivity index is 1.67. The van der Waals surface area contributed by atoms with E-state index in [-0.39, 0.29) is 5.91 Å². The average Bonchev–Trinajstić information content (AvgIpc) is 2.81. The zero-order valence-corrected chi connectivity index (χ0v) is 10.2. The zero-order valence-electron chi connectivity index (χ0n) is 9.37. The molecule has 1 atom stereocenters. The van der Waals surface area contributed by atoms with E-state index in [0.717, 1.165) is 18.7 Å². The predicted octanol–water partition coefficient (Wildman–Crippen LogP) is 1.55. The van der Waals surface area contributed by atoms with Gasteiger partial charge in [-0.3, -0.25) is 4.79 Å². The first-order valence-electron chi connectivity index (χ1n) is 5.86. The Morgan fingerprint density at radius 1 is 1.56 bits per heavy atom. The maximum atomic E-state index is 11.6. The first-order chi connectivity index (χ1) is 7.84. The van der Waals surface area contributed by atoms with Crippen LogP contribution in [-0.4, -0.2) is 25.0 Å². The van der Waals surface area contributed by atoms with Crippen molar-refractivity contribution in [3.63, 3.8) is 0 Å². The lowest BCUT2D eigenvalue weighted by molar-refractivity contribution is -0.120. The van der Waals surface area contributed by atoms with Crippen LogP contribution in [0.3, 0.4) is 0 Å². The first kappa shape index (κ1) is 11.6. The number of hydrogen-bond acceptors (Lipinski definition) is 3. The number of carbonyl (C=O) groups excluding carboxylic acids is 1. The molecular formula is C12H18N2OS. The van der Waals surface area contributed by atoms with Crippen LogP contribution in [-0.2, 0) is 11.2 Å². The molecule has 0 saturated carbocycles. The molecule has 1 fully saturated rings. The van der Waals surface area contributed by atoms with Crippen LogP contribution in [0, 0.1) is 0 Å². The molecule has 1 aromatic heterocycles. The number of piperidine rings is 1. The summed E-state index contributed by atoms with van der Waals surface area (Å²) in [4.78, 5) is 11.6. The summed E-state index contributed by atoms with van der Waals surface area (Å²) in [5.41, 5.74) is 1.11. The summed E-state index contributed by atoms with van der Waals surface area (Å²) < 4.78 is 0. The molecule has 0 radical (unpaired) electrons. The van der Waals surface area contributed by atoms with Crippen molar-refractivity contribution in [3.8, 4) is 0 Å². The van der Waals surface area contributed by atoms with E-state index in [4.69, 9.17) is 0 Å². The molecule has 1 aliphatic heterocycles. The van der Waals surface area contributed by atoms with E-state index in [9.17, 15) is 4.79 Å². The minimum atomic E-state index is 0.130. The van der Waals surface area contributed by atoms with Gasteiger partial charge in [0.1, 0.15) is 0 Å². The third-order valence-electron chi connectivity index (χ3n) is 2.90. The van der Waals surface area contributed by atoms with Gasteiger partial charge >= 0.3 is 0 Å². The van der Waals surface area contributed by atoms with Gasteiger partial charge in [-0.1, -0.05) is 6.42 Å². The van der Waals surface area contributed by atoms with E-state index in [1.54, 1.807) is 11.3 Å². The lowest BCUT2D eigenvalue weighted by Crippen LogP contribution is -2.43. The van der Waals surface area contributed by atoms with Gasteiger partial charge in [0.25, 0.3) is 0 Å². The molecule has 0 aliphatic carbocycles. The Labute approximate surface area is 100 Å². The molecular weight excluding hydrogens is 220 g/mol. The van der Waals surface area contributed by atoms with E-state index in [1.165, 1.54) is 19.3 Å². The van der Waals surface area contributed by atoms with Crippen LogP contribution in [0.1, 0.15) is 24.8 Å². The maximum Gasteiger partial charge on any atom is 0.224 e. The molecule has 1 amide bonds. The third-order valence-corrected chi connectivity index (χ3v) is 3.63. The van der Waals surface area contributed by atoms with E-state index in [0.29, 0.717) is 12.5 Å². The lowest BCUT2D eigenvalue weighted by atomic mass is 10.1. The monoisotopic (exact) mass is 238 g/mol. The summed E-state index contributed by atoms with van der Waals surface area (Å²) in [7, 11) is 0. The van der Waals surface area contributed by atoms with Crippen molar-refractivity contribution < 1.29 is 4.79 Å². The summed E-state index contributed by atoms with van der Waals surface area (Å²) in [6, 6.07) is 2.48. The molecule has 0 bridgehead atoms. The summed E-state index contributed by atoms with van der Waals surface area (Å²) in [6.45, 7) is 1.86. The summed E-state index contributed by atoms with van der Waals surface area (Å²) in [6.07, 6.45) is 4.23. The third kappa shape index (κ3) is 3.61. The summed E-state index contributed by atoms with van der Waals surface area (Å²) in [5, 5.41) is 10.4. The van der Waals surface area contributed by atoms with Gasteiger partial charge in [0.2, 0.25) is 5.91 Å². The van der Waals surface area contributed by atoms with Gasteiger partial charge < -0.3 is 10.6 Å². The SMILES string of the molecule is O=C(Cc1ccsc1)NC[C@H]1CCCCN1. The van der Waals surface area contributed by atoms with Crippen LogP contribution < -0.4 is 10.6 Å². The molecule has 1 aliphatic rings. The second kappa shape index (κ2) is 6.01. The first-order valence-corrected chi connectivity index (χ1v) is 6.80.